The highest BCUT2D eigenvalue weighted by Crippen LogP contribution is 2.25. The molecule has 0 spiro atoms. The van der Waals surface area contributed by atoms with Gasteiger partial charge in [0.05, 0.1) is 6.61 Å². The third-order valence-corrected chi connectivity index (χ3v) is 4.11. The SMILES string of the molecule is O=C(CCC1CCCNC1)OCC1CCCC1. The summed E-state index contributed by atoms with van der Waals surface area (Å²) in [7, 11) is 0. The molecular weight excluding hydrogens is 214 g/mol. The normalized spacial score (nSPS) is 26.0. The summed E-state index contributed by atoms with van der Waals surface area (Å²) >= 11 is 0. The smallest absolute Gasteiger partial charge is 0.305 e. The fourth-order valence-electron chi connectivity index (χ4n) is 2.95. The van der Waals surface area contributed by atoms with Gasteiger partial charge in [0.1, 0.15) is 0 Å². The van der Waals surface area contributed by atoms with Gasteiger partial charge in [-0.25, -0.2) is 0 Å². The van der Waals surface area contributed by atoms with Gasteiger partial charge in [0, 0.05) is 6.42 Å². The molecule has 1 unspecified atom stereocenters. The van der Waals surface area contributed by atoms with Gasteiger partial charge < -0.3 is 10.1 Å². The molecule has 0 amide bonds. The standard InChI is InChI=1S/C14H25NO2/c16-14(17-11-13-4-1-2-5-13)8-7-12-6-3-9-15-10-12/h12-13,15H,1-11H2. The van der Waals surface area contributed by atoms with Crippen LogP contribution in [0.25, 0.3) is 0 Å². The molecule has 17 heavy (non-hydrogen) atoms. The number of piperidine rings is 1. The molecule has 1 aliphatic heterocycles. The van der Waals surface area contributed by atoms with Crippen molar-refractivity contribution in [3.05, 3.63) is 0 Å². The number of hydrogen-bond acceptors (Lipinski definition) is 3. The zero-order valence-electron chi connectivity index (χ0n) is 10.7. The molecule has 2 rings (SSSR count). The van der Waals surface area contributed by atoms with Crippen LogP contribution in [0.5, 0.6) is 0 Å². The first-order valence-electron chi connectivity index (χ1n) is 7.21. The second-order valence-electron chi connectivity index (χ2n) is 5.58. The molecule has 1 heterocycles. The van der Waals surface area contributed by atoms with E-state index in [4.69, 9.17) is 4.74 Å². The van der Waals surface area contributed by atoms with Gasteiger partial charge >= 0.3 is 5.97 Å². The predicted octanol–water partition coefficient (Wildman–Crippen LogP) is 2.50. The van der Waals surface area contributed by atoms with E-state index in [0.29, 0.717) is 24.9 Å². The Hall–Kier alpha value is -0.570. The van der Waals surface area contributed by atoms with E-state index >= 15 is 0 Å². The van der Waals surface area contributed by atoms with Crippen molar-refractivity contribution in [2.75, 3.05) is 19.7 Å². The molecule has 0 aromatic heterocycles. The molecule has 1 N–H and O–H groups in total. The van der Waals surface area contributed by atoms with E-state index in [9.17, 15) is 4.79 Å². The maximum Gasteiger partial charge on any atom is 0.305 e. The van der Waals surface area contributed by atoms with Gasteiger partial charge in [-0.15, -0.1) is 0 Å². The van der Waals surface area contributed by atoms with Crippen molar-refractivity contribution in [3.63, 3.8) is 0 Å². The second-order valence-corrected chi connectivity index (χ2v) is 5.58. The van der Waals surface area contributed by atoms with Gasteiger partial charge in [-0.3, -0.25) is 4.79 Å². The topological polar surface area (TPSA) is 38.3 Å². The van der Waals surface area contributed by atoms with Gasteiger partial charge in [-0.05, 0) is 57.0 Å². The van der Waals surface area contributed by atoms with E-state index in [1.54, 1.807) is 0 Å². The summed E-state index contributed by atoms with van der Waals surface area (Å²) in [6.45, 7) is 2.89. The largest absolute Gasteiger partial charge is 0.465 e. The van der Waals surface area contributed by atoms with Crippen LogP contribution in [0.4, 0.5) is 0 Å². The fraction of sp³-hybridized carbons (Fsp3) is 0.929. The quantitative estimate of drug-likeness (QED) is 0.749. The van der Waals surface area contributed by atoms with Crippen LogP contribution in [-0.4, -0.2) is 25.7 Å². The monoisotopic (exact) mass is 239 g/mol. The molecule has 3 heteroatoms. The Morgan fingerprint density at radius 3 is 2.59 bits per heavy atom. The number of rotatable bonds is 5. The van der Waals surface area contributed by atoms with Crippen molar-refractivity contribution in [1.29, 1.82) is 0 Å². The summed E-state index contributed by atoms with van der Waals surface area (Å²) in [6.07, 6.45) is 9.26. The number of esters is 1. The summed E-state index contributed by atoms with van der Waals surface area (Å²) in [4.78, 5) is 11.6. The van der Waals surface area contributed by atoms with Crippen molar-refractivity contribution in [3.8, 4) is 0 Å². The Labute approximate surface area is 104 Å². The molecule has 3 nitrogen and oxygen atoms in total. The minimum atomic E-state index is 0.0162. The van der Waals surface area contributed by atoms with E-state index < -0.39 is 0 Å². The number of carbonyl (C=O) groups is 1. The highest BCUT2D eigenvalue weighted by Gasteiger charge is 2.18. The molecule has 2 aliphatic rings. The van der Waals surface area contributed by atoms with Gasteiger partial charge in [0.2, 0.25) is 0 Å². The zero-order valence-corrected chi connectivity index (χ0v) is 10.7. The highest BCUT2D eigenvalue weighted by molar-refractivity contribution is 5.69. The molecule has 1 atom stereocenters. The van der Waals surface area contributed by atoms with E-state index in [1.807, 2.05) is 0 Å². The molecule has 0 bridgehead atoms. The Balaban J connectivity index is 1.53. The van der Waals surface area contributed by atoms with Crippen molar-refractivity contribution < 1.29 is 9.53 Å². The summed E-state index contributed by atoms with van der Waals surface area (Å²) in [6, 6.07) is 0. The van der Waals surface area contributed by atoms with Crippen molar-refractivity contribution >= 4 is 5.97 Å². The van der Waals surface area contributed by atoms with Crippen LogP contribution in [0.15, 0.2) is 0 Å². The lowest BCUT2D eigenvalue weighted by molar-refractivity contribution is -0.145. The molecule has 1 saturated heterocycles. The summed E-state index contributed by atoms with van der Waals surface area (Å²) in [5, 5.41) is 3.38. The third kappa shape index (κ3) is 4.66. The van der Waals surface area contributed by atoms with Crippen LogP contribution < -0.4 is 5.32 Å². The van der Waals surface area contributed by atoms with Crippen LogP contribution >= 0.6 is 0 Å². The Kier molecular flexibility index (Phi) is 5.30. The average molecular weight is 239 g/mol. The Morgan fingerprint density at radius 1 is 1.12 bits per heavy atom. The Morgan fingerprint density at radius 2 is 1.88 bits per heavy atom. The number of hydrogen-bond donors (Lipinski definition) is 1. The molecule has 1 aliphatic carbocycles. The van der Waals surface area contributed by atoms with Gasteiger partial charge in [-0.1, -0.05) is 12.8 Å². The van der Waals surface area contributed by atoms with Gasteiger partial charge in [-0.2, -0.15) is 0 Å². The predicted molar refractivity (Wildman–Crippen MR) is 67.7 cm³/mol. The molecule has 1 saturated carbocycles. The van der Waals surface area contributed by atoms with Crippen molar-refractivity contribution in [2.45, 2.75) is 51.4 Å². The average Bonchev–Trinajstić information content (AvgIpc) is 2.88. The third-order valence-electron chi connectivity index (χ3n) is 4.11. The van der Waals surface area contributed by atoms with E-state index in [2.05, 4.69) is 5.32 Å². The minimum absolute atomic E-state index is 0.0162. The maximum absolute atomic E-state index is 11.6. The summed E-state index contributed by atoms with van der Waals surface area (Å²) < 4.78 is 5.36. The van der Waals surface area contributed by atoms with Crippen LogP contribution in [0.1, 0.15) is 51.4 Å². The summed E-state index contributed by atoms with van der Waals surface area (Å²) in [5.41, 5.74) is 0. The molecular formula is C14H25NO2. The van der Waals surface area contributed by atoms with Crippen LogP contribution in [0, 0.1) is 11.8 Å². The molecule has 0 radical (unpaired) electrons. The molecule has 0 aromatic rings. The zero-order chi connectivity index (χ0) is 11.9. The first-order valence-corrected chi connectivity index (χ1v) is 7.21. The van der Waals surface area contributed by atoms with Gasteiger partial charge in [0.15, 0.2) is 0 Å². The van der Waals surface area contributed by atoms with Crippen LogP contribution in [0.3, 0.4) is 0 Å². The van der Waals surface area contributed by atoms with E-state index in [1.165, 1.54) is 38.5 Å². The van der Waals surface area contributed by atoms with Gasteiger partial charge in [0.25, 0.3) is 0 Å². The lowest BCUT2D eigenvalue weighted by atomic mass is 9.95. The number of nitrogens with one attached hydrogen (secondary N) is 1. The second kappa shape index (κ2) is 7.00. The number of carbonyl (C=O) groups excluding carboxylic acids is 1. The molecule has 2 fully saturated rings. The first-order chi connectivity index (χ1) is 8.34. The molecule has 98 valence electrons. The lowest BCUT2D eigenvalue weighted by Gasteiger charge is -2.22. The van der Waals surface area contributed by atoms with E-state index in [0.717, 1.165) is 19.5 Å². The van der Waals surface area contributed by atoms with Crippen molar-refractivity contribution in [2.24, 2.45) is 11.8 Å². The first kappa shape index (κ1) is 12.9. The maximum atomic E-state index is 11.6. The van der Waals surface area contributed by atoms with Crippen LogP contribution in [0.2, 0.25) is 0 Å². The Bertz CT molecular complexity index is 230. The lowest BCUT2D eigenvalue weighted by Crippen LogP contribution is -2.30. The van der Waals surface area contributed by atoms with E-state index in [-0.39, 0.29) is 5.97 Å². The fourth-order valence-corrected chi connectivity index (χ4v) is 2.95. The minimum Gasteiger partial charge on any atom is -0.465 e. The highest BCUT2D eigenvalue weighted by atomic mass is 16.5. The summed E-state index contributed by atoms with van der Waals surface area (Å²) in [5.74, 6) is 1.35. The number of ether oxygens (including phenoxy) is 1. The molecule has 0 aromatic carbocycles. The van der Waals surface area contributed by atoms with Crippen LogP contribution in [-0.2, 0) is 9.53 Å². The van der Waals surface area contributed by atoms with Crippen molar-refractivity contribution in [1.82, 2.24) is 5.32 Å².